The number of hydrazine groups is 1. The number of anilines is 1. The quantitative estimate of drug-likeness (QED) is 0.743. The lowest BCUT2D eigenvalue weighted by atomic mass is 10.1. The lowest BCUT2D eigenvalue weighted by Crippen LogP contribution is -2.39. The molecule has 0 spiro atoms. The Hall–Kier alpha value is -3.01. The van der Waals surface area contributed by atoms with Crippen molar-refractivity contribution < 1.29 is 17.6 Å². The maximum absolute atomic E-state index is 13.9. The maximum Gasteiger partial charge on any atom is 0.417 e. The fraction of sp³-hybridized carbons (Fsp3) is 0.350. The highest BCUT2D eigenvalue weighted by molar-refractivity contribution is 6.02. The number of nitrogens with zero attached hydrogens (tertiary/aromatic N) is 4. The minimum absolute atomic E-state index is 0.0305. The SMILES string of the molecule is Cc1nc(-c2ccccc2C(F)(F)F)nc(NC2C3=CC(F)CN=C3NN2C)c1C. The summed E-state index contributed by atoms with van der Waals surface area (Å²) < 4.78 is 54.3. The summed E-state index contributed by atoms with van der Waals surface area (Å²) in [7, 11) is 1.76. The number of alkyl halides is 4. The van der Waals surface area contributed by atoms with E-state index in [9.17, 15) is 17.6 Å². The van der Waals surface area contributed by atoms with Gasteiger partial charge in [0, 0.05) is 29.4 Å². The van der Waals surface area contributed by atoms with Crippen LogP contribution in [0.4, 0.5) is 23.4 Å². The monoisotopic (exact) mass is 420 g/mol. The molecule has 1 saturated heterocycles. The standard InChI is InChI=1S/C20H20F4N6/c1-10-11(2)26-18(13-6-4-5-7-15(13)20(22,23)24)27-16(10)28-19-14-8-12(21)9-25-17(14)29-30(19)3/h4-8,12,19H,9H2,1-3H3,(H,25,29)(H,26,27,28). The minimum Gasteiger partial charge on any atom is -0.349 e. The van der Waals surface area contributed by atoms with Crippen LogP contribution >= 0.6 is 0 Å². The number of aromatic nitrogens is 2. The molecule has 0 bridgehead atoms. The number of hydrogen-bond acceptors (Lipinski definition) is 6. The Kier molecular flexibility index (Phi) is 4.97. The molecule has 1 fully saturated rings. The lowest BCUT2D eigenvalue weighted by Gasteiger charge is -2.23. The number of nitrogens with one attached hydrogen (secondary N) is 2. The molecule has 1 aromatic heterocycles. The summed E-state index contributed by atoms with van der Waals surface area (Å²) >= 11 is 0. The number of aliphatic imine (C=N–C) groups is 1. The number of benzene rings is 1. The van der Waals surface area contributed by atoms with Gasteiger partial charge in [-0.05, 0) is 26.0 Å². The average molecular weight is 420 g/mol. The van der Waals surface area contributed by atoms with Crippen LogP contribution in [0.5, 0.6) is 0 Å². The summed E-state index contributed by atoms with van der Waals surface area (Å²) in [6, 6.07) is 5.20. The zero-order valence-electron chi connectivity index (χ0n) is 16.5. The van der Waals surface area contributed by atoms with Gasteiger partial charge in [-0.2, -0.15) is 18.2 Å². The molecule has 0 amide bonds. The summed E-state index contributed by atoms with van der Waals surface area (Å²) in [5.74, 6) is 0.906. The van der Waals surface area contributed by atoms with Gasteiger partial charge in [-0.3, -0.25) is 4.99 Å². The van der Waals surface area contributed by atoms with Gasteiger partial charge < -0.3 is 10.7 Å². The molecule has 2 atom stereocenters. The Morgan fingerprint density at radius 3 is 2.63 bits per heavy atom. The Labute approximate surface area is 170 Å². The molecule has 2 N–H and O–H groups in total. The van der Waals surface area contributed by atoms with E-state index in [4.69, 9.17) is 0 Å². The highest BCUT2D eigenvalue weighted by Crippen LogP contribution is 2.36. The molecule has 2 aliphatic rings. The summed E-state index contributed by atoms with van der Waals surface area (Å²) in [5.41, 5.74) is 4.01. The second kappa shape index (κ2) is 7.35. The van der Waals surface area contributed by atoms with Crippen molar-refractivity contribution in [2.45, 2.75) is 32.4 Å². The lowest BCUT2D eigenvalue weighted by molar-refractivity contribution is -0.137. The van der Waals surface area contributed by atoms with Crippen LogP contribution in [0.3, 0.4) is 0 Å². The van der Waals surface area contributed by atoms with Crippen molar-refractivity contribution in [3.05, 3.63) is 52.7 Å². The van der Waals surface area contributed by atoms with Gasteiger partial charge in [-0.25, -0.2) is 14.4 Å². The highest BCUT2D eigenvalue weighted by Gasteiger charge is 2.36. The van der Waals surface area contributed by atoms with Crippen LogP contribution in [0, 0.1) is 13.8 Å². The van der Waals surface area contributed by atoms with Crippen LogP contribution in [-0.2, 0) is 6.18 Å². The molecular formula is C20H20F4N6. The van der Waals surface area contributed by atoms with E-state index in [1.165, 1.54) is 24.3 Å². The van der Waals surface area contributed by atoms with Crippen LogP contribution in [0.25, 0.3) is 11.4 Å². The molecule has 2 aliphatic heterocycles. The number of fused-ring (bicyclic) bond motifs is 1. The smallest absolute Gasteiger partial charge is 0.349 e. The predicted octanol–water partition coefficient (Wildman–Crippen LogP) is 3.64. The van der Waals surface area contributed by atoms with E-state index in [2.05, 4.69) is 25.7 Å². The molecule has 4 rings (SSSR count). The third-order valence-corrected chi connectivity index (χ3v) is 5.16. The van der Waals surface area contributed by atoms with Gasteiger partial charge in [-0.1, -0.05) is 18.2 Å². The van der Waals surface area contributed by atoms with Crippen molar-refractivity contribution in [2.24, 2.45) is 4.99 Å². The van der Waals surface area contributed by atoms with Crippen molar-refractivity contribution in [1.29, 1.82) is 0 Å². The molecule has 6 nitrogen and oxygen atoms in total. The van der Waals surface area contributed by atoms with E-state index in [1.54, 1.807) is 25.9 Å². The van der Waals surface area contributed by atoms with Gasteiger partial charge in [0.2, 0.25) is 0 Å². The molecule has 2 aromatic rings. The predicted molar refractivity (Wildman–Crippen MR) is 106 cm³/mol. The van der Waals surface area contributed by atoms with Gasteiger partial charge in [0.15, 0.2) is 5.82 Å². The molecular weight excluding hydrogens is 400 g/mol. The van der Waals surface area contributed by atoms with Gasteiger partial charge in [0.25, 0.3) is 0 Å². The van der Waals surface area contributed by atoms with Crippen LogP contribution in [-0.4, -0.2) is 46.7 Å². The normalized spacial score (nSPS) is 21.6. The molecule has 0 saturated carbocycles. The molecule has 30 heavy (non-hydrogen) atoms. The van der Waals surface area contributed by atoms with Crippen molar-refractivity contribution >= 4 is 11.7 Å². The summed E-state index contributed by atoms with van der Waals surface area (Å²) in [4.78, 5) is 12.9. The van der Waals surface area contributed by atoms with Crippen molar-refractivity contribution in [3.63, 3.8) is 0 Å². The first-order chi connectivity index (χ1) is 14.1. The summed E-state index contributed by atoms with van der Waals surface area (Å²) in [5, 5.41) is 4.91. The number of dihydropyridines is 1. The molecule has 0 aliphatic carbocycles. The molecule has 158 valence electrons. The number of halogens is 4. The van der Waals surface area contributed by atoms with Crippen molar-refractivity contribution in [1.82, 2.24) is 20.4 Å². The van der Waals surface area contributed by atoms with Gasteiger partial charge >= 0.3 is 6.18 Å². The molecule has 1 aromatic carbocycles. The van der Waals surface area contributed by atoms with Gasteiger partial charge in [0.05, 0.1) is 12.1 Å². The fourth-order valence-corrected chi connectivity index (χ4v) is 3.48. The third kappa shape index (κ3) is 3.62. The Balaban J connectivity index is 1.75. The molecule has 3 heterocycles. The number of aryl methyl sites for hydroxylation is 1. The molecule has 10 heteroatoms. The number of hydrogen-bond donors (Lipinski definition) is 2. The summed E-state index contributed by atoms with van der Waals surface area (Å²) in [6.45, 7) is 3.54. The molecule has 0 radical (unpaired) electrons. The average Bonchev–Trinajstić information content (AvgIpc) is 2.99. The van der Waals surface area contributed by atoms with Gasteiger partial charge in [0.1, 0.15) is 24.0 Å². The van der Waals surface area contributed by atoms with E-state index in [0.717, 1.165) is 6.07 Å². The second-order valence-corrected chi connectivity index (χ2v) is 7.25. The summed E-state index contributed by atoms with van der Waals surface area (Å²) in [6.07, 6.45) is -4.72. The largest absolute Gasteiger partial charge is 0.417 e. The highest BCUT2D eigenvalue weighted by atomic mass is 19.4. The van der Waals surface area contributed by atoms with Crippen LogP contribution in [0.2, 0.25) is 0 Å². The number of amidine groups is 1. The van der Waals surface area contributed by atoms with Gasteiger partial charge in [-0.15, -0.1) is 0 Å². The Morgan fingerprint density at radius 2 is 1.90 bits per heavy atom. The number of rotatable bonds is 3. The Bertz CT molecular complexity index is 1050. The number of likely N-dealkylation sites (N-methyl/N-ethyl adjacent to an activating group) is 1. The van der Waals surface area contributed by atoms with E-state index < -0.39 is 24.1 Å². The first kappa shape index (κ1) is 20.3. The molecule has 2 unspecified atom stereocenters. The zero-order chi connectivity index (χ0) is 21.6. The van der Waals surface area contributed by atoms with E-state index in [-0.39, 0.29) is 17.9 Å². The van der Waals surface area contributed by atoms with Crippen LogP contribution in [0.1, 0.15) is 16.8 Å². The van der Waals surface area contributed by atoms with E-state index in [0.29, 0.717) is 28.5 Å². The Morgan fingerprint density at radius 1 is 1.17 bits per heavy atom. The second-order valence-electron chi connectivity index (χ2n) is 7.25. The first-order valence-corrected chi connectivity index (χ1v) is 9.33. The van der Waals surface area contributed by atoms with Crippen LogP contribution < -0.4 is 10.7 Å². The zero-order valence-corrected chi connectivity index (χ0v) is 16.5. The van der Waals surface area contributed by atoms with Crippen molar-refractivity contribution in [3.8, 4) is 11.4 Å². The topological polar surface area (TPSA) is 65.4 Å². The maximum atomic E-state index is 13.9. The third-order valence-electron chi connectivity index (χ3n) is 5.16. The van der Waals surface area contributed by atoms with Crippen molar-refractivity contribution in [2.75, 3.05) is 18.9 Å². The first-order valence-electron chi connectivity index (χ1n) is 9.33. The van der Waals surface area contributed by atoms with E-state index in [1.807, 2.05) is 0 Å². The van der Waals surface area contributed by atoms with Crippen LogP contribution in [0.15, 0.2) is 40.9 Å². The fourth-order valence-electron chi connectivity index (χ4n) is 3.48. The van der Waals surface area contributed by atoms with E-state index >= 15 is 0 Å². The minimum atomic E-state index is -4.53.